The molecule has 0 saturated carbocycles. The van der Waals surface area contributed by atoms with E-state index in [4.69, 9.17) is 0 Å². The van der Waals surface area contributed by atoms with Crippen LogP contribution in [0, 0.1) is 0 Å². The van der Waals surface area contributed by atoms with Crippen molar-refractivity contribution in [2.24, 2.45) is 0 Å². The van der Waals surface area contributed by atoms with E-state index in [0.29, 0.717) is 5.69 Å². The summed E-state index contributed by atoms with van der Waals surface area (Å²) in [6, 6.07) is 7.37. The molecule has 0 aliphatic carbocycles. The molecule has 3 aromatic rings. The highest BCUT2D eigenvalue weighted by Crippen LogP contribution is 2.32. The fraction of sp³-hybridized carbons (Fsp3) is 0.250. The monoisotopic (exact) mass is 353 g/mol. The average Bonchev–Trinajstić information content (AvgIpc) is 2.96. The molecular formula is C16H15F3N3OP. The first-order valence-corrected chi connectivity index (χ1v) is 9.39. The lowest BCUT2D eigenvalue weighted by atomic mass is 10.1. The summed E-state index contributed by atoms with van der Waals surface area (Å²) in [6.07, 6.45) is -1.22. The maximum Gasteiger partial charge on any atom is 0.422 e. The molecule has 2 heterocycles. The summed E-state index contributed by atoms with van der Waals surface area (Å²) in [4.78, 5) is 11.1. The molecule has 8 heteroatoms. The third-order valence-electron chi connectivity index (χ3n) is 3.45. The number of para-hydroxylation sites is 1. The molecule has 0 spiro atoms. The van der Waals surface area contributed by atoms with Crippen LogP contribution >= 0.6 is 7.92 Å². The second kappa shape index (κ2) is 6.40. The summed E-state index contributed by atoms with van der Waals surface area (Å²) in [5.74, 6) is 0. The van der Waals surface area contributed by atoms with Crippen molar-refractivity contribution in [3.05, 3.63) is 36.7 Å². The Morgan fingerprint density at radius 2 is 2.00 bits per heavy atom. The molecule has 0 amide bonds. The van der Waals surface area contributed by atoms with Gasteiger partial charge in [-0.05, 0) is 24.7 Å². The number of hydrogen-bond donors (Lipinski definition) is 1. The van der Waals surface area contributed by atoms with Gasteiger partial charge >= 0.3 is 12.2 Å². The van der Waals surface area contributed by atoms with E-state index in [-0.39, 0.29) is 13.9 Å². The van der Waals surface area contributed by atoms with Gasteiger partial charge in [-0.3, -0.25) is 0 Å². The summed E-state index contributed by atoms with van der Waals surface area (Å²) in [6.45, 7) is 2.92. The van der Waals surface area contributed by atoms with Crippen LogP contribution in [-0.4, -0.2) is 41.1 Å². The van der Waals surface area contributed by atoms with Crippen LogP contribution in [0.2, 0.25) is 0 Å². The molecule has 2 aromatic heterocycles. The fourth-order valence-electron chi connectivity index (χ4n) is 2.43. The van der Waals surface area contributed by atoms with Gasteiger partial charge in [-0.25, -0.2) is 4.98 Å². The second-order valence-electron chi connectivity index (χ2n) is 5.42. The van der Waals surface area contributed by atoms with Gasteiger partial charge in [0.2, 0.25) is 0 Å². The molecule has 0 radical (unpaired) electrons. The quantitative estimate of drug-likeness (QED) is 0.723. The van der Waals surface area contributed by atoms with Gasteiger partial charge in [-0.2, -0.15) is 18.2 Å². The third-order valence-corrected chi connectivity index (χ3v) is 4.79. The van der Waals surface area contributed by atoms with Crippen molar-refractivity contribution in [1.29, 1.82) is 0 Å². The maximum absolute atomic E-state index is 12.3. The van der Waals surface area contributed by atoms with Crippen LogP contribution in [0.4, 0.5) is 13.2 Å². The molecule has 0 bridgehead atoms. The van der Waals surface area contributed by atoms with E-state index in [2.05, 4.69) is 39.1 Å². The standard InChI is InChI=1S/C16H15F3N3OP/c1-24(2)13-5-3-4-10-11(8-21-14(10)13)12-6-7-20-15(22-12)23-9-16(17,18)19/h3-8,21H,9H2,1-2H3. The largest absolute Gasteiger partial charge is 0.454 e. The van der Waals surface area contributed by atoms with Crippen molar-refractivity contribution in [3.8, 4) is 17.3 Å². The lowest BCUT2D eigenvalue weighted by molar-refractivity contribution is -0.154. The van der Waals surface area contributed by atoms with E-state index in [1.807, 2.05) is 18.3 Å². The number of hydrogen-bond acceptors (Lipinski definition) is 3. The van der Waals surface area contributed by atoms with E-state index in [1.165, 1.54) is 11.5 Å². The first kappa shape index (κ1) is 16.7. The minimum atomic E-state index is -4.42. The lowest BCUT2D eigenvalue weighted by Crippen LogP contribution is -2.20. The summed E-state index contributed by atoms with van der Waals surface area (Å²) >= 11 is 0. The number of benzene rings is 1. The first-order chi connectivity index (χ1) is 11.3. The zero-order valence-corrected chi connectivity index (χ0v) is 13.9. The van der Waals surface area contributed by atoms with Gasteiger partial charge in [0, 0.05) is 23.3 Å². The molecule has 0 aliphatic rings. The molecule has 126 valence electrons. The minimum absolute atomic E-state index is 0.288. The molecule has 1 N–H and O–H groups in total. The van der Waals surface area contributed by atoms with Crippen LogP contribution in [0.15, 0.2) is 36.7 Å². The van der Waals surface area contributed by atoms with Crippen molar-refractivity contribution in [2.45, 2.75) is 6.18 Å². The highest BCUT2D eigenvalue weighted by Gasteiger charge is 2.29. The van der Waals surface area contributed by atoms with Crippen molar-refractivity contribution < 1.29 is 17.9 Å². The van der Waals surface area contributed by atoms with Crippen LogP contribution in [0.5, 0.6) is 6.01 Å². The fourth-order valence-corrected chi connectivity index (χ4v) is 3.45. The van der Waals surface area contributed by atoms with E-state index in [1.54, 1.807) is 6.07 Å². The Morgan fingerprint density at radius 1 is 1.21 bits per heavy atom. The highest BCUT2D eigenvalue weighted by atomic mass is 31.1. The zero-order valence-electron chi connectivity index (χ0n) is 13.1. The van der Waals surface area contributed by atoms with Crippen molar-refractivity contribution in [3.63, 3.8) is 0 Å². The van der Waals surface area contributed by atoms with Crippen LogP contribution in [0.1, 0.15) is 0 Å². The van der Waals surface area contributed by atoms with E-state index < -0.39 is 12.8 Å². The third kappa shape index (κ3) is 3.51. The summed E-state index contributed by atoms with van der Waals surface area (Å²) in [7, 11) is -0.290. The Hall–Kier alpha value is -2.14. The van der Waals surface area contributed by atoms with Gasteiger partial charge < -0.3 is 9.72 Å². The SMILES string of the molecule is CP(C)c1cccc2c(-c3ccnc(OCC(F)(F)F)n3)c[nH]c12. The molecule has 0 atom stereocenters. The number of rotatable bonds is 4. The summed E-state index contributed by atoms with van der Waals surface area (Å²) in [5.41, 5.74) is 2.35. The molecule has 0 unspecified atom stereocenters. The maximum atomic E-state index is 12.3. The van der Waals surface area contributed by atoms with Crippen molar-refractivity contribution >= 4 is 24.1 Å². The normalized spacial score (nSPS) is 12.1. The number of fused-ring (bicyclic) bond motifs is 1. The lowest BCUT2D eigenvalue weighted by Gasteiger charge is -2.09. The van der Waals surface area contributed by atoms with Crippen LogP contribution in [-0.2, 0) is 0 Å². The molecule has 1 aromatic carbocycles. The Kier molecular flexibility index (Phi) is 4.45. The number of aromatic nitrogens is 3. The second-order valence-corrected chi connectivity index (χ2v) is 7.70. The predicted molar refractivity (Wildman–Crippen MR) is 89.3 cm³/mol. The molecule has 0 aliphatic heterocycles. The number of H-pyrrole nitrogens is 1. The average molecular weight is 353 g/mol. The number of halogens is 3. The van der Waals surface area contributed by atoms with Gasteiger partial charge in [0.15, 0.2) is 6.61 Å². The van der Waals surface area contributed by atoms with Crippen LogP contribution in [0.3, 0.4) is 0 Å². The molecule has 4 nitrogen and oxygen atoms in total. The minimum Gasteiger partial charge on any atom is -0.454 e. The number of nitrogens with one attached hydrogen (secondary N) is 1. The van der Waals surface area contributed by atoms with Gasteiger partial charge in [0.1, 0.15) is 0 Å². The van der Waals surface area contributed by atoms with E-state index >= 15 is 0 Å². The van der Waals surface area contributed by atoms with E-state index in [9.17, 15) is 13.2 Å². The topological polar surface area (TPSA) is 50.8 Å². The van der Waals surface area contributed by atoms with Gasteiger partial charge in [-0.1, -0.05) is 26.1 Å². The van der Waals surface area contributed by atoms with Crippen LogP contribution < -0.4 is 10.0 Å². The van der Waals surface area contributed by atoms with Crippen LogP contribution in [0.25, 0.3) is 22.2 Å². The Morgan fingerprint density at radius 3 is 2.71 bits per heavy atom. The molecule has 3 rings (SSSR count). The predicted octanol–water partition coefficient (Wildman–Crippen LogP) is 3.93. The molecule has 0 saturated heterocycles. The highest BCUT2D eigenvalue weighted by molar-refractivity contribution is 7.64. The first-order valence-electron chi connectivity index (χ1n) is 7.15. The molecule has 24 heavy (non-hydrogen) atoms. The number of ether oxygens (including phenoxy) is 1. The zero-order chi connectivity index (χ0) is 17.3. The van der Waals surface area contributed by atoms with Crippen molar-refractivity contribution in [1.82, 2.24) is 15.0 Å². The summed E-state index contributed by atoms with van der Waals surface area (Å²) in [5, 5.41) is 2.21. The molecular weight excluding hydrogens is 338 g/mol. The van der Waals surface area contributed by atoms with E-state index in [0.717, 1.165) is 16.5 Å². The molecule has 0 fully saturated rings. The number of nitrogens with zero attached hydrogens (tertiary/aromatic N) is 2. The Labute approximate surface area is 137 Å². The smallest absolute Gasteiger partial charge is 0.422 e. The van der Waals surface area contributed by atoms with Gasteiger partial charge in [-0.15, -0.1) is 0 Å². The number of aromatic amines is 1. The number of alkyl halides is 3. The Bertz CT molecular complexity index is 861. The van der Waals surface area contributed by atoms with Crippen molar-refractivity contribution in [2.75, 3.05) is 19.9 Å². The van der Waals surface area contributed by atoms with Gasteiger partial charge in [0.25, 0.3) is 0 Å². The van der Waals surface area contributed by atoms with Gasteiger partial charge in [0.05, 0.1) is 11.2 Å². The summed E-state index contributed by atoms with van der Waals surface area (Å²) < 4.78 is 41.4. The Balaban J connectivity index is 1.98.